The molecule has 2 rings (SSSR count). The fraction of sp³-hybridized carbons (Fsp3) is 0.333. The zero-order valence-corrected chi connectivity index (χ0v) is 10.4. The Labute approximate surface area is 99.7 Å². The number of aromatic nitrogens is 1. The first kappa shape index (κ1) is 11.3. The van der Waals surface area contributed by atoms with Crippen LogP contribution in [0.1, 0.15) is 11.3 Å². The molecular weight excluding hydrogens is 224 g/mol. The summed E-state index contributed by atoms with van der Waals surface area (Å²) in [4.78, 5) is 0. The second-order valence-corrected chi connectivity index (χ2v) is 4.22. The van der Waals surface area contributed by atoms with E-state index in [0.29, 0.717) is 6.54 Å². The molecule has 0 unspecified atom stereocenters. The van der Waals surface area contributed by atoms with Gasteiger partial charge in [0.1, 0.15) is 5.75 Å². The molecule has 0 radical (unpaired) electrons. The number of nitrogens with two attached hydrogens (primary N) is 1. The van der Waals surface area contributed by atoms with E-state index in [-0.39, 0.29) is 0 Å². The Hall–Kier alpha value is -1.19. The minimum Gasteiger partial charge on any atom is -0.495 e. The first-order valence-electron chi connectivity index (χ1n) is 5.12. The maximum atomic E-state index is 6.22. The monoisotopic (exact) mass is 238 g/mol. The summed E-state index contributed by atoms with van der Waals surface area (Å²) in [6, 6.07) is 3.74. The molecule has 1 aromatic carbocycles. The number of methoxy groups -OCH3 is 1. The molecule has 0 aliphatic rings. The maximum Gasteiger partial charge on any atom is 0.143 e. The van der Waals surface area contributed by atoms with Gasteiger partial charge in [-0.15, -0.1) is 0 Å². The zero-order valence-electron chi connectivity index (χ0n) is 9.67. The van der Waals surface area contributed by atoms with Crippen LogP contribution in [0.25, 0.3) is 10.9 Å². The summed E-state index contributed by atoms with van der Waals surface area (Å²) < 4.78 is 7.41. The Morgan fingerprint density at radius 1 is 1.44 bits per heavy atom. The van der Waals surface area contributed by atoms with Crippen molar-refractivity contribution in [2.75, 3.05) is 7.11 Å². The van der Waals surface area contributed by atoms with E-state index in [4.69, 9.17) is 22.1 Å². The molecule has 3 nitrogen and oxygen atoms in total. The number of benzene rings is 1. The molecule has 0 spiro atoms. The molecule has 4 heteroatoms. The van der Waals surface area contributed by atoms with Gasteiger partial charge < -0.3 is 15.0 Å². The highest BCUT2D eigenvalue weighted by Crippen LogP contribution is 2.36. The van der Waals surface area contributed by atoms with Crippen molar-refractivity contribution in [1.29, 1.82) is 0 Å². The summed E-state index contributed by atoms with van der Waals surface area (Å²) in [6.45, 7) is 2.53. The van der Waals surface area contributed by atoms with Gasteiger partial charge in [0.2, 0.25) is 0 Å². The van der Waals surface area contributed by atoms with Crippen LogP contribution in [0.15, 0.2) is 12.1 Å². The number of fused-ring (bicyclic) bond motifs is 1. The largest absolute Gasteiger partial charge is 0.495 e. The minimum atomic E-state index is 0.497. The highest BCUT2D eigenvalue weighted by atomic mass is 35.5. The number of rotatable bonds is 2. The fourth-order valence-corrected chi connectivity index (χ4v) is 2.52. The molecule has 0 aliphatic heterocycles. The van der Waals surface area contributed by atoms with Gasteiger partial charge in [0.25, 0.3) is 0 Å². The predicted molar refractivity (Wildman–Crippen MR) is 67.1 cm³/mol. The van der Waals surface area contributed by atoms with E-state index in [1.54, 1.807) is 7.11 Å². The second-order valence-electron chi connectivity index (χ2n) is 3.81. The number of hydrogen-bond donors (Lipinski definition) is 1. The first-order chi connectivity index (χ1) is 7.61. The van der Waals surface area contributed by atoms with Crippen LogP contribution >= 0.6 is 11.6 Å². The standard InChI is InChI=1S/C12H15ClN2O/c1-7-9(6-14)15(2)12-10(16-3)5-4-8(13)11(7)12/h4-5H,6,14H2,1-3H3. The SMILES string of the molecule is COc1ccc(Cl)c2c(C)c(CN)n(C)c12. The van der Waals surface area contributed by atoms with E-state index in [1.807, 2.05) is 26.1 Å². The predicted octanol–water partition coefficient (Wildman–Crippen LogP) is 2.61. The lowest BCUT2D eigenvalue weighted by molar-refractivity contribution is 0.417. The van der Waals surface area contributed by atoms with Crippen LogP contribution in [0.5, 0.6) is 5.75 Å². The van der Waals surface area contributed by atoms with Crippen LogP contribution < -0.4 is 10.5 Å². The van der Waals surface area contributed by atoms with Gasteiger partial charge in [0.05, 0.1) is 17.6 Å². The molecule has 16 heavy (non-hydrogen) atoms. The smallest absolute Gasteiger partial charge is 0.143 e. The molecule has 2 aromatic rings. The quantitative estimate of drug-likeness (QED) is 0.874. The average molecular weight is 239 g/mol. The molecule has 0 amide bonds. The zero-order chi connectivity index (χ0) is 11.9. The fourth-order valence-electron chi connectivity index (χ4n) is 2.22. The number of halogens is 1. The van der Waals surface area contributed by atoms with Crippen molar-refractivity contribution < 1.29 is 4.74 Å². The van der Waals surface area contributed by atoms with E-state index in [0.717, 1.165) is 32.9 Å². The van der Waals surface area contributed by atoms with Gasteiger partial charge in [-0.3, -0.25) is 0 Å². The van der Waals surface area contributed by atoms with Crippen LogP contribution in [-0.4, -0.2) is 11.7 Å². The van der Waals surface area contributed by atoms with Gasteiger partial charge >= 0.3 is 0 Å². The molecule has 1 aromatic heterocycles. The Morgan fingerprint density at radius 2 is 2.12 bits per heavy atom. The normalized spacial score (nSPS) is 11.1. The summed E-state index contributed by atoms with van der Waals surface area (Å²) in [5.74, 6) is 0.824. The lowest BCUT2D eigenvalue weighted by Crippen LogP contribution is -2.04. The molecule has 0 saturated heterocycles. The molecule has 0 atom stereocenters. The van der Waals surface area contributed by atoms with E-state index in [9.17, 15) is 0 Å². The van der Waals surface area contributed by atoms with Gasteiger partial charge in [0, 0.05) is 24.7 Å². The molecule has 2 N–H and O–H groups in total. The summed E-state index contributed by atoms with van der Waals surface area (Å²) in [5, 5.41) is 1.77. The number of nitrogens with zero attached hydrogens (tertiary/aromatic N) is 1. The molecule has 0 fully saturated rings. The van der Waals surface area contributed by atoms with Crippen LogP contribution in [-0.2, 0) is 13.6 Å². The van der Waals surface area contributed by atoms with E-state index >= 15 is 0 Å². The number of aryl methyl sites for hydroxylation is 2. The number of ether oxygens (including phenoxy) is 1. The lowest BCUT2D eigenvalue weighted by atomic mass is 10.1. The molecule has 86 valence electrons. The van der Waals surface area contributed by atoms with Gasteiger partial charge in [-0.1, -0.05) is 11.6 Å². The third kappa shape index (κ3) is 1.39. The summed E-state index contributed by atoms with van der Waals surface area (Å²) in [6.07, 6.45) is 0. The van der Waals surface area contributed by atoms with Crippen LogP contribution in [0.3, 0.4) is 0 Å². The Kier molecular flexibility index (Phi) is 2.82. The molecule has 0 saturated carbocycles. The Bertz CT molecular complexity index is 546. The lowest BCUT2D eigenvalue weighted by Gasteiger charge is -2.06. The van der Waals surface area contributed by atoms with Crippen molar-refractivity contribution in [2.45, 2.75) is 13.5 Å². The summed E-state index contributed by atoms with van der Waals surface area (Å²) in [5.41, 5.74) is 8.97. The average Bonchev–Trinajstić information content (AvgIpc) is 2.53. The highest BCUT2D eigenvalue weighted by molar-refractivity contribution is 6.36. The van der Waals surface area contributed by atoms with Crippen molar-refractivity contribution in [3.05, 3.63) is 28.4 Å². The van der Waals surface area contributed by atoms with Crippen molar-refractivity contribution in [3.63, 3.8) is 0 Å². The second kappa shape index (κ2) is 4.00. The van der Waals surface area contributed by atoms with Gasteiger partial charge in [-0.05, 0) is 24.6 Å². The molecular formula is C12H15ClN2O. The van der Waals surface area contributed by atoms with E-state index in [1.165, 1.54) is 0 Å². The maximum absolute atomic E-state index is 6.22. The van der Waals surface area contributed by atoms with Crippen LogP contribution in [0.2, 0.25) is 5.02 Å². The van der Waals surface area contributed by atoms with Crippen molar-refractivity contribution in [3.8, 4) is 5.75 Å². The third-order valence-corrected chi connectivity index (χ3v) is 3.37. The van der Waals surface area contributed by atoms with Crippen molar-refractivity contribution >= 4 is 22.5 Å². The Morgan fingerprint density at radius 3 is 2.69 bits per heavy atom. The summed E-state index contributed by atoms with van der Waals surface area (Å²) >= 11 is 6.22. The third-order valence-electron chi connectivity index (χ3n) is 3.05. The van der Waals surface area contributed by atoms with Crippen molar-refractivity contribution in [1.82, 2.24) is 4.57 Å². The molecule has 1 heterocycles. The molecule has 0 aliphatic carbocycles. The van der Waals surface area contributed by atoms with E-state index in [2.05, 4.69) is 4.57 Å². The first-order valence-corrected chi connectivity index (χ1v) is 5.50. The summed E-state index contributed by atoms with van der Waals surface area (Å²) in [7, 11) is 3.64. The highest BCUT2D eigenvalue weighted by Gasteiger charge is 2.16. The molecule has 0 bridgehead atoms. The Balaban J connectivity index is 2.96. The van der Waals surface area contributed by atoms with E-state index < -0.39 is 0 Å². The van der Waals surface area contributed by atoms with Gasteiger partial charge in [-0.25, -0.2) is 0 Å². The van der Waals surface area contributed by atoms with Crippen LogP contribution in [0, 0.1) is 6.92 Å². The minimum absolute atomic E-state index is 0.497. The van der Waals surface area contributed by atoms with Gasteiger partial charge in [0.15, 0.2) is 0 Å². The van der Waals surface area contributed by atoms with Crippen molar-refractivity contribution in [2.24, 2.45) is 12.8 Å². The van der Waals surface area contributed by atoms with Gasteiger partial charge in [-0.2, -0.15) is 0 Å². The number of hydrogen-bond acceptors (Lipinski definition) is 2. The topological polar surface area (TPSA) is 40.2 Å². The van der Waals surface area contributed by atoms with Crippen LogP contribution in [0.4, 0.5) is 0 Å².